The molecule has 2 bridgehead atoms. The molecule has 4 atom stereocenters. The van der Waals surface area contributed by atoms with E-state index < -0.39 is 21.8 Å². The van der Waals surface area contributed by atoms with Crippen LogP contribution < -0.4 is 4.90 Å². The Labute approximate surface area is 233 Å². The molecule has 0 radical (unpaired) electrons. The molecule has 4 fully saturated rings. The van der Waals surface area contributed by atoms with E-state index in [0.29, 0.717) is 12.8 Å². The molecule has 5 aliphatic rings. The van der Waals surface area contributed by atoms with E-state index in [1.807, 2.05) is 60.8 Å². The maximum absolute atomic E-state index is 14.3. The van der Waals surface area contributed by atoms with Gasteiger partial charge in [0.2, 0.25) is 0 Å². The molecule has 0 saturated carbocycles. The van der Waals surface area contributed by atoms with Gasteiger partial charge in [-0.1, -0.05) is 54.6 Å². The summed E-state index contributed by atoms with van der Waals surface area (Å²) in [5.41, 5.74) is 4.62. The number of thioether (sulfide) groups is 2. The maximum Gasteiger partial charge on any atom is 0.260 e. The van der Waals surface area contributed by atoms with E-state index in [4.69, 9.17) is 0 Å². The van der Waals surface area contributed by atoms with Crippen LogP contribution in [0.3, 0.4) is 0 Å². The fourth-order valence-electron chi connectivity index (χ4n) is 7.27. The quantitative estimate of drug-likeness (QED) is 0.364. The highest BCUT2D eigenvalue weighted by Gasteiger charge is 2.75. The van der Waals surface area contributed by atoms with E-state index in [9.17, 15) is 14.4 Å². The normalized spacial score (nSPS) is 29.2. The molecule has 4 aromatic rings. The Morgan fingerprint density at radius 1 is 0.949 bits per heavy atom. The number of aromatic amines is 1. The van der Waals surface area contributed by atoms with E-state index in [-0.39, 0.29) is 16.3 Å². The van der Waals surface area contributed by atoms with Crippen LogP contribution in [0.25, 0.3) is 10.9 Å². The zero-order valence-corrected chi connectivity index (χ0v) is 22.7. The summed E-state index contributed by atoms with van der Waals surface area (Å²) in [5, 5.41) is 0.262. The smallest absolute Gasteiger partial charge is 0.260 e. The molecule has 2 unspecified atom stereocenters. The molecule has 6 heterocycles. The monoisotopic (exact) mass is 552 g/mol. The molecule has 1 aromatic heterocycles. The van der Waals surface area contributed by atoms with E-state index in [2.05, 4.69) is 34.1 Å². The number of hydrogen-bond acceptors (Lipinski definition) is 6. The molecule has 39 heavy (non-hydrogen) atoms. The number of amides is 2. The Kier molecular flexibility index (Phi) is 4.72. The number of aromatic nitrogens is 1. The number of piperazine rings is 1. The third-order valence-electron chi connectivity index (χ3n) is 8.76. The molecular weight excluding hydrogens is 528 g/mol. The zero-order valence-electron chi connectivity index (χ0n) is 21.0. The number of benzene rings is 3. The van der Waals surface area contributed by atoms with Gasteiger partial charge < -0.3 is 14.8 Å². The molecule has 2 amide bonds. The fraction of sp³-hybridized carbons (Fsp3) is 0.233. The molecule has 1 N–H and O–H groups in total. The number of carbonyl (C=O) groups excluding carboxylic acids is 3. The molecule has 5 aliphatic heterocycles. The summed E-state index contributed by atoms with van der Waals surface area (Å²) < 4.78 is -0.185. The summed E-state index contributed by atoms with van der Waals surface area (Å²) in [6.45, 7) is 0. The Balaban J connectivity index is 1.42. The molecule has 9 heteroatoms. The number of hydrogen-bond donors (Lipinski definition) is 1. The molecule has 9 rings (SSSR count). The SMILES string of the molecule is CN1C(=O)C23CC4(Cc5c[nH]c6ccccc56)c5ccccc5N(c5ccccc5)[C@@H]4N2C(=O)[C@H]1SC(=O)S3. The van der Waals surface area contributed by atoms with Crippen molar-refractivity contribution in [2.45, 2.75) is 34.7 Å². The minimum Gasteiger partial charge on any atom is -0.361 e. The van der Waals surface area contributed by atoms with Crippen molar-refractivity contribution in [2.24, 2.45) is 0 Å². The van der Waals surface area contributed by atoms with Gasteiger partial charge in [0, 0.05) is 47.4 Å². The van der Waals surface area contributed by atoms with Crippen molar-refractivity contribution in [3.8, 4) is 0 Å². The van der Waals surface area contributed by atoms with Crippen LogP contribution in [0.4, 0.5) is 16.2 Å². The number of carbonyl (C=O) groups is 3. The van der Waals surface area contributed by atoms with Crippen LogP contribution in [0.5, 0.6) is 0 Å². The van der Waals surface area contributed by atoms with Gasteiger partial charge >= 0.3 is 0 Å². The van der Waals surface area contributed by atoms with Crippen LogP contribution >= 0.6 is 23.5 Å². The highest BCUT2D eigenvalue weighted by atomic mass is 32.2. The Hall–Kier alpha value is -3.69. The van der Waals surface area contributed by atoms with Gasteiger partial charge in [-0.3, -0.25) is 19.3 Å². The van der Waals surface area contributed by atoms with Crippen LogP contribution in [0, 0.1) is 0 Å². The number of anilines is 2. The van der Waals surface area contributed by atoms with Crippen molar-refractivity contribution in [2.75, 3.05) is 11.9 Å². The highest BCUT2D eigenvalue weighted by Crippen LogP contribution is 2.66. The van der Waals surface area contributed by atoms with E-state index in [1.165, 1.54) is 4.90 Å². The molecule has 1 spiro atoms. The number of fused-ring (bicyclic) bond motifs is 7. The first kappa shape index (κ1) is 23.2. The number of rotatable bonds is 3. The molecule has 194 valence electrons. The molecule has 7 nitrogen and oxygen atoms in total. The van der Waals surface area contributed by atoms with Gasteiger partial charge in [-0.2, -0.15) is 0 Å². The minimum absolute atomic E-state index is 0.173. The molecule has 0 aliphatic carbocycles. The second-order valence-corrected chi connectivity index (χ2v) is 13.3. The van der Waals surface area contributed by atoms with Crippen LogP contribution in [0.2, 0.25) is 0 Å². The summed E-state index contributed by atoms with van der Waals surface area (Å²) in [5.74, 6) is -0.353. The first-order valence-electron chi connectivity index (χ1n) is 12.9. The van der Waals surface area contributed by atoms with Gasteiger partial charge in [-0.25, -0.2) is 0 Å². The van der Waals surface area contributed by atoms with Crippen LogP contribution in [-0.4, -0.2) is 54.5 Å². The minimum atomic E-state index is -1.31. The maximum atomic E-state index is 14.3. The Bertz CT molecular complexity index is 1710. The summed E-state index contributed by atoms with van der Waals surface area (Å²) in [6, 6.07) is 26.6. The number of para-hydroxylation sites is 3. The van der Waals surface area contributed by atoms with E-state index in [1.54, 1.807) is 11.9 Å². The third kappa shape index (κ3) is 2.89. The van der Waals surface area contributed by atoms with Crippen molar-refractivity contribution in [3.63, 3.8) is 0 Å². The predicted molar refractivity (Wildman–Crippen MR) is 154 cm³/mol. The topological polar surface area (TPSA) is 76.7 Å². The second kappa shape index (κ2) is 7.92. The van der Waals surface area contributed by atoms with Crippen molar-refractivity contribution < 1.29 is 14.4 Å². The number of nitrogens with zero attached hydrogens (tertiary/aromatic N) is 3. The van der Waals surface area contributed by atoms with Crippen LogP contribution in [0.1, 0.15) is 17.5 Å². The van der Waals surface area contributed by atoms with Gasteiger partial charge in [-0.05, 0) is 65.3 Å². The summed E-state index contributed by atoms with van der Waals surface area (Å²) in [7, 11) is 1.65. The van der Waals surface area contributed by atoms with Crippen molar-refractivity contribution in [1.29, 1.82) is 0 Å². The van der Waals surface area contributed by atoms with Crippen LogP contribution in [-0.2, 0) is 21.4 Å². The van der Waals surface area contributed by atoms with E-state index in [0.717, 1.165) is 56.9 Å². The third-order valence-corrected chi connectivity index (χ3v) is 11.3. The van der Waals surface area contributed by atoms with Gasteiger partial charge in [0.1, 0.15) is 6.17 Å². The summed E-state index contributed by atoms with van der Waals surface area (Å²) in [4.78, 5) is 49.3. The number of nitrogens with one attached hydrogen (secondary N) is 1. The van der Waals surface area contributed by atoms with Gasteiger partial charge in [0.15, 0.2) is 10.2 Å². The van der Waals surface area contributed by atoms with Gasteiger partial charge in [0.25, 0.3) is 16.3 Å². The zero-order chi connectivity index (χ0) is 26.5. The Morgan fingerprint density at radius 2 is 1.69 bits per heavy atom. The predicted octanol–water partition coefficient (Wildman–Crippen LogP) is 5.45. The lowest BCUT2D eigenvalue weighted by molar-refractivity contribution is -0.157. The van der Waals surface area contributed by atoms with Gasteiger partial charge in [0.05, 0.1) is 0 Å². The summed E-state index contributed by atoms with van der Waals surface area (Å²) >= 11 is 1.99. The first-order chi connectivity index (χ1) is 18.9. The van der Waals surface area contributed by atoms with Crippen molar-refractivity contribution >= 4 is 62.1 Å². The van der Waals surface area contributed by atoms with Crippen molar-refractivity contribution in [3.05, 3.63) is 96.2 Å². The highest BCUT2D eigenvalue weighted by molar-refractivity contribution is 8.40. The number of likely N-dealkylation sites (N-methyl/N-ethyl adjacent to an activating group) is 1. The van der Waals surface area contributed by atoms with E-state index >= 15 is 0 Å². The summed E-state index contributed by atoms with van der Waals surface area (Å²) in [6.07, 6.45) is 2.53. The Morgan fingerprint density at radius 3 is 2.54 bits per heavy atom. The first-order valence-corrected chi connectivity index (χ1v) is 14.6. The largest absolute Gasteiger partial charge is 0.361 e. The fourth-order valence-corrected chi connectivity index (χ4v) is 9.93. The van der Waals surface area contributed by atoms with Crippen molar-refractivity contribution in [1.82, 2.24) is 14.8 Å². The van der Waals surface area contributed by atoms with Crippen LogP contribution in [0.15, 0.2) is 85.1 Å². The lowest BCUT2D eigenvalue weighted by Crippen LogP contribution is -2.68. The molecule has 3 aromatic carbocycles. The lowest BCUT2D eigenvalue weighted by atomic mass is 9.73. The average molecular weight is 553 g/mol. The van der Waals surface area contributed by atoms with Gasteiger partial charge in [-0.15, -0.1) is 0 Å². The lowest BCUT2D eigenvalue weighted by Gasteiger charge is -2.47. The molecule has 4 saturated heterocycles. The standard InChI is InChI=1S/C30H24N4O3S2/c1-32-25-24(35)34-26-29(17-30(34,27(32)36)39-28(37)38-25,15-18-16-31-22-13-7-5-11-20(18)22)21-12-6-8-14-23(21)33(26)19-9-3-2-4-10-19/h2-14,16,25-26,31H,15,17H2,1H3/t25-,26-,29?,30?/m1/s1. The number of H-pyrrole nitrogens is 1. The molecular formula is C30H24N4O3S2. The second-order valence-electron chi connectivity index (χ2n) is 10.7. The average Bonchev–Trinajstić information content (AvgIpc) is 3.53.